The molecule has 1 aliphatic rings. The van der Waals surface area contributed by atoms with Gasteiger partial charge in [-0.25, -0.2) is 0 Å². The van der Waals surface area contributed by atoms with E-state index in [1.165, 1.54) is 12.1 Å². The van der Waals surface area contributed by atoms with Gasteiger partial charge in [0.1, 0.15) is 0 Å². The molecule has 0 aromatic carbocycles. The molecule has 0 saturated heterocycles. The second kappa shape index (κ2) is 3.94. The zero-order chi connectivity index (χ0) is 9.14. The molecule has 12 heavy (non-hydrogen) atoms. The van der Waals surface area contributed by atoms with E-state index in [2.05, 4.69) is 37.6 Å². The molecule has 0 spiro atoms. The Labute approximate surface area is 75.8 Å². The van der Waals surface area contributed by atoms with Crippen LogP contribution in [-0.2, 0) is 0 Å². The van der Waals surface area contributed by atoms with E-state index < -0.39 is 0 Å². The summed E-state index contributed by atoms with van der Waals surface area (Å²) < 4.78 is 0. The van der Waals surface area contributed by atoms with Crippen molar-refractivity contribution in [1.29, 1.82) is 0 Å². The zero-order valence-electron chi connectivity index (χ0n) is 8.72. The van der Waals surface area contributed by atoms with Gasteiger partial charge in [-0.05, 0) is 32.9 Å². The molecule has 2 nitrogen and oxygen atoms in total. The van der Waals surface area contributed by atoms with Gasteiger partial charge in [-0.2, -0.15) is 0 Å². The zero-order valence-corrected chi connectivity index (χ0v) is 8.72. The van der Waals surface area contributed by atoms with E-state index in [0.29, 0.717) is 0 Å². The molecule has 0 bridgehead atoms. The molecular weight excluding hydrogens is 148 g/mol. The highest BCUT2D eigenvalue weighted by molar-refractivity contribution is 5.15. The molecule has 0 fully saturated rings. The molecule has 1 aliphatic heterocycles. The van der Waals surface area contributed by atoms with Crippen molar-refractivity contribution in [2.45, 2.75) is 27.2 Å². The van der Waals surface area contributed by atoms with Crippen molar-refractivity contribution in [3.05, 3.63) is 11.3 Å². The molecule has 1 heterocycles. The molecule has 0 unspecified atom stereocenters. The summed E-state index contributed by atoms with van der Waals surface area (Å²) in [4.78, 5) is 4.80. The van der Waals surface area contributed by atoms with Crippen molar-refractivity contribution < 1.29 is 0 Å². The Hall–Kier alpha value is -0.500. The Balaban J connectivity index is 2.78. The van der Waals surface area contributed by atoms with E-state index in [0.717, 1.165) is 19.8 Å². The van der Waals surface area contributed by atoms with Crippen molar-refractivity contribution in [1.82, 2.24) is 9.80 Å². The minimum Gasteiger partial charge on any atom is -0.362 e. The van der Waals surface area contributed by atoms with Crippen LogP contribution in [-0.4, -0.2) is 36.6 Å². The lowest BCUT2D eigenvalue weighted by atomic mass is 10.1. The predicted molar refractivity (Wildman–Crippen MR) is 52.9 cm³/mol. The SMILES string of the molecule is CCC1=C(C)N(CC)CN(C)C1. The Morgan fingerprint density at radius 2 is 2.00 bits per heavy atom. The first kappa shape index (κ1) is 9.59. The molecule has 0 saturated carbocycles. The molecule has 0 radical (unpaired) electrons. The van der Waals surface area contributed by atoms with Gasteiger partial charge < -0.3 is 4.90 Å². The van der Waals surface area contributed by atoms with Crippen LogP contribution in [0.3, 0.4) is 0 Å². The highest BCUT2D eigenvalue weighted by atomic mass is 15.3. The van der Waals surface area contributed by atoms with Crippen LogP contribution in [0.4, 0.5) is 0 Å². The number of likely N-dealkylation sites (N-methyl/N-ethyl adjacent to an activating group) is 1. The van der Waals surface area contributed by atoms with E-state index in [1.54, 1.807) is 5.57 Å². The van der Waals surface area contributed by atoms with Gasteiger partial charge in [0, 0.05) is 18.8 Å². The van der Waals surface area contributed by atoms with E-state index >= 15 is 0 Å². The topological polar surface area (TPSA) is 6.48 Å². The number of nitrogens with zero attached hydrogens (tertiary/aromatic N) is 2. The summed E-state index contributed by atoms with van der Waals surface area (Å²) in [5.74, 6) is 0. The van der Waals surface area contributed by atoms with E-state index in [9.17, 15) is 0 Å². The smallest absolute Gasteiger partial charge is 0.0704 e. The third-order valence-electron chi connectivity index (χ3n) is 2.67. The van der Waals surface area contributed by atoms with Crippen LogP contribution in [0.15, 0.2) is 11.3 Å². The highest BCUT2D eigenvalue weighted by Gasteiger charge is 2.16. The third kappa shape index (κ3) is 1.81. The molecule has 70 valence electrons. The van der Waals surface area contributed by atoms with Crippen LogP contribution in [0, 0.1) is 0 Å². The lowest BCUT2D eigenvalue weighted by Crippen LogP contribution is -2.40. The number of hydrogen-bond acceptors (Lipinski definition) is 2. The van der Waals surface area contributed by atoms with Gasteiger partial charge in [-0.15, -0.1) is 0 Å². The van der Waals surface area contributed by atoms with Crippen LogP contribution in [0.5, 0.6) is 0 Å². The summed E-state index contributed by atoms with van der Waals surface area (Å²) in [6.45, 7) is 10.1. The first-order valence-electron chi connectivity index (χ1n) is 4.81. The molecule has 0 atom stereocenters. The van der Waals surface area contributed by atoms with Gasteiger partial charge in [0.05, 0.1) is 6.67 Å². The van der Waals surface area contributed by atoms with Gasteiger partial charge in [0.15, 0.2) is 0 Å². The fourth-order valence-electron chi connectivity index (χ4n) is 1.82. The molecule has 0 aromatic rings. The van der Waals surface area contributed by atoms with Gasteiger partial charge in [0.25, 0.3) is 0 Å². The van der Waals surface area contributed by atoms with Crippen LogP contribution in [0.1, 0.15) is 27.2 Å². The molecule has 0 amide bonds. The monoisotopic (exact) mass is 168 g/mol. The van der Waals surface area contributed by atoms with Crippen molar-refractivity contribution in [3.8, 4) is 0 Å². The Kier molecular flexibility index (Phi) is 3.15. The Morgan fingerprint density at radius 3 is 2.50 bits per heavy atom. The largest absolute Gasteiger partial charge is 0.362 e. The standard InChI is InChI=1S/C10H20N2/c1-5-10-7-11(4)8-12(6-2)9(10)3/h5-8H2,1-4H3. The highest BCUT2D eigenvalue weighted by Crippen LogP contribution is 2.18. The number of allylic oxidation sites excluding steroid dienone is 1. The van der Waals surface area contributed by atoms with Gasteiger partial charge in [0.2, 0.25) is 0 Å². The van der Waals surface area contributed by atoms with Gasteiger partial charge in [-0.1, -0.05) is 6.92 Å². The fraction of sp³-hybridized carbons (Fsp3) is 0.800. The lowest BCUT2D eigenvalue weighted by Gasteiger charge is -2.36. The summed E-state index contributed by atoms with van der Waals surface area (Å²) in [6.07, 6.45) is 1.19. The quantitative estimate of drug-likeness (QED) is 0.621. The number of rotatable bonds is 2. The lowest BCUT2D eigenvalue weighted by molar-refractivity contribution is 0.180. The molecular formula is C10H20N2. The first-order chi connectivity index (χ1) is 5.69. The molecule has 0 aromatic heterocycles. The van der Waals surface area contributed by atoms with Crippen molar-refractivity contribution in [3.63, 3.8) is 0 Å². The minimum absolute atomic E-state index is 1.09. The average molecular weight is 168 g/mol. The summed E-state index contributed by atoms with van der Waals surface area (Å²) in [7, 11) is 2.19. The van der Waals surface area contributed by atoms with Crippen LogP contribution >= 0.6 is 0 Å². The maximum atomic E-state index is 2.43. The van der Waals surface area contributed by atoms with Crippen LogP contribution < -0.4 is 0 Å². The van der Waals surface area contributed by atoms with Crippen molar-refractivity contribution in [2.24, 2.45) is 0 Å². The third-order valence-corrected chi connectivity index (χ3v) is 2.67. The fourth-order valence-corrected chi connectivity index (χ4v) is 1.82. The minimum atomic E-state index is 1.09. The maximum Gasteiger partial charge on any atom is 0.0704 e. The predicted octanol–water partition coefficient (Wildman–Crippen LogP) is 1.90. The second-order valence-electron chi connectivity index (χ2n) is 3.55. The van der Waals surface area contributed by atoms with E-state index in [4.69, 9.17) is 0 Å². The molecule has 2 heteroatoms. The summed E-state index contributed by atoms with van der Waals surface area (Å²) in [6, 6.07) is 0. The van der Waals surface area contributed by atoms with Crippen LogP contribution in [0.25, 0.3) is 0 Å². The van der Waals surface area contributed by atoms with Crippen molar-refractivity contribution >= 4 is 0 Å². The van der Waals surface area contributed by atoms with Crippen molar-refractivity contribution in [2.75, 3.05) is 26.8 Å². The summed E-state index contributed by atoms with van der Waals surface area (Å²) in [5, 5.41) is 0. The van der Waals surface area contributed by atoms with Gasteiger partial charge in [-0.3, -0.25) is 4.90 Å². The molecule has 0 aliphatic carbocycles. The van der Waals surface area contributed by atoms with E-state index in [-0.39, 0.29) is 0 Å². The Bertz CT molecular complexity index is 184. The molecule has 1 rings (SSSR count). The van der Waals surface area contributed by atoms with Gasteiger partial charge >= 0.3 is 0 Å². The maximum absolute atomic E-state index is 2.43. The summed E-state index contributed by atoms with van der Waals surface area (Å²) in [5.41, 5.74) is 3.09. The number of hydrogen-bond donors (Lipinski definition) is 0. The normalized spacial score (nSPS) is 20.5. The first-order valence-corrected chi connectivity index (χ1v) is 4.81. The van der Waals surface area contributed by atoms with E-state index in [1.807, 2.05) is 0 Å². The second-order valence-corrected chi connectivity index (χ2v) is 3.55. The van der Waals surface area contributed by atoms with Crippen LogP contribution in [0.2, 0.25) is 0 Å². The average Bonchev–Trinajstić information content (AvgIpc) is 2.08. The molecule has 0 N–H and O–H groups in total. The Morgan fingerprint density at radius 1 is 1.33 bits per heavy atom. The summed E-state index contributed by atoms with van der Waals surface area (Å²) >= 11 is 0.